The highest BCUT2D eigenvalue weighted by molar-refractivity contribution is 5.79. The van der Waals surface area contributed by atoms with Gasteiger partial charge in [0.15, 0.2) is 0 Å². The van der Waals surface area contributed by atoms with Crippen LogP contribution in [0.25, 0.3) is 0 Å². The molecule has 0 radical (unpaired) electrons. The van der Waals surface area contributed by atoms with Crippen molar-refractivity contribution < 1.29 is 14.7 Å². The molecule has 0 bridgehead atoms. The van der Waals surface area contributed by atoms with Crippen molar-refractivity contribution in [1.82, 2.24) is 9.80 Å². The molecule has 1 aliphatic rings. The van der Waals surface area contributed by atoms with E-state index in [-0.39, 0.29) is 18.5 Å². The summed E-state index contributed by atoms with van der Waals surface area (Å²) in [6.45, 7) is 9.74. The Morgan fingerprint density at radius 3 is 2.27 bits per heavy atom. The molecule has 2 unspecified atom stereocenters. The van der Waals surface area contributed by atoms with E-state index in [1.165, 1.54) is 23.0 Å². The third-order valence-electron chi connectivity index (χ3n) is 5.52. The third-order valence-corrected chi connectivity index (χ3v) is 5.52. The number of hydrogen-bond donors (Lipinski definition) is 1. The smallest absolute Gasteiger partial charge is 0.323 e. The van der Waals surface area contributed by atoms with Gasteiger partial charge in [-0.05, 0) is 49.8 Å². The Morgan fingerprint density at radius 1 is 1.12 bits per heavy atom. The second-order valence-electron chi connectivity index (χ2n) is 7.66. The fraction of sp³-hybridized carbons (Fsp3) is 0.619. The molecule has 1 aliphatic heterocycles. The van der Waals surface area contributed by atoms with E-state index in [2.05, 4.69) is 49.9 Å². The van der Waals surface area contributed by atoms with Crippen LogP contribution in [0.15, 0.2) is 24.3 Å². The molecule has 26 heavy (non-hydrogen) atoms. The van der Waals surface area contributed by atoms with Gasteiger partial charge in [0.2, 0.25) is 5.91 Å². The predicted octanol–water partition coefficient (Wildman–Crippen LogP) is 3.66. The average Bonchev–Trinajstić information content (AvgIpc) is 2.84. The number of carboxylic acids is 1. The van der Waals surface area contributed by atoms with Gasteiger partial charge in [0, 0.05) is 25.6 Å². The summed E-state index contributed by atoms with van der Waals surface area (Å²) in [6.07, 6.45) is 2.66. The Morgan fingerprint density at radius 2 is 1.73 bits per heavy atom. The average molecular weight is 360 g/mol. The molecule has 2 rings (SSSR count). The summed E-state index contributed by atoms with van der Waals surface area (Å²) >= 11 is 0. The lowest BCUT2D eigenvalue weighted by molar-refractivity contribution is -0.145. The van der Waals surface area contributed by atoms with E-state index >= 15 is 0 Å². The van der Waals surface area contributed by atoms with E-state index in [0.29, 0.717) is 12.0 Å². The van der Waals surface area contributed by atoms with Crippen molar-refractivity contribution in [2.75, 3.05) is 19.6 Å². The highest BCUT2D eigenvalue weighted by atomic mass is 16.4. The first-order valence-corrected chi connectivity index (χ1v) is 9.62. The number of amides is 1. The standard InChI is InChI=1S/C21H32N2O3/c1-15(2)18-7-9-19(10-8-18)16(3)22-12-5-6-20(11-13-22)23(17(4)24)14-21(25)26/h7-10,15-16,20H,5-6,11-14H2,1-4H3,(H,25,26). The molecule has 0 saturated carbocycles. The summed E-state index contributed by atoms with van der Waals surface area (Å²) in [5.74, 6) is -0.562. The van der Waals surface area contributed by atoms with Crippen LogP contribution in [0.5, 0.6) is 0 Å². The van der Waals surface area contributed by atoms with Crippen LogP contribution >= 0.6 is 0 Å². The lowest BCUT2D eigenvalue weighted by Crippen LogP contribution is -2.42. The largest absolute Gasteiger partial charge is 0.480 e. The molecule has 1 N–H and O–H groups in total. The molecule has 0 spiro atoms. The third kappa shape index (κ3) is 5.31. The maximum absolute atomic E-state index is 11.9. The number of rotatable bonds is 6. The van der Waals surface area contributed by atoms with Gasteiger partial charge in [-0.25, -0.2) is 0 Å². The van der Waals surface area contributed by atoms with Gasteiger partial charge in [-0.2, -0.15) is 0 Å². The Balaban J connectivity index is 2.02. The quantitative estimate of drug-likeness (QED) is 0.841. The molecule has 1 heterocycles. The van der Waals surface area contributed by atoms with Gasteiger partial charge < -0.3 is 10.0 Å². The number of carbonyl (C=O) groups is 2. The molecule has 1 aromatic carbocycles. The second kappa shape index (κ2) is 9.17. The Hall–Kier alpha value is -1.88. The van der Waals surface area contributed by atoms with E-state index in [4.69, 9.17) is 5.11 Å². The number of nitrogens with zero attached hydrogens (tertiary/aromatic N) is 2. The van der Waals surface area contributed by atoms with Crippen LogP contribution in [0, 0.1) is 0 Å². The van der Waals surface area contributed by atoms with Gasteiger partial charge in [0.1, 0.15) is 6.54 Å². The Bertz CT molecular complexity index is 612. The molecule has 0 aliphatic carbocycles. The van der Waals surface area contributed by atoms with Gasteiger partial charge in [-0.15, -0.1) is 0 Å². The molecular weight excluding hydrogens is 328 g/mol. The van der Waals surface area contributed by atoms with Crippen LogP contribution in [0.3, 0.4) is 0 Å². The summed E-state index contributed by atoms with van der Waals surface area (Å²) < 4.78 is 0. The first-order chi connectivity index (χ1) is 12.3. The molecule has 1 fully saturated rings. The van der Waals surface area contributed by atoms with E-state index in [9.17, 15) is 9.59 Å². The molecule has 0 aromatic heterocycles. The minimum Gasteiger partial charge on any atom is -0.480 e. The number of carbonyl (C=O) groups excluding carboxylic acids is 1. The van der Waals surface area contributed by atoms with E-state index in [0.717, 1.165) is 32.4 Å². The van der Waals surface area contributed by atoms with Crippen molar-refractivity contribution in [2.24, 2.45) is 0 Å². The van der Waals surface area contributed by atoms with Crippen LogP contribution < -0.4 is 0 Å². The Kier molecular flexibility index (Phi) is 7.21. The molecular formula is C21H32N2O3. The number of aliphatic carboxylic acids is 1. The monoisotopic (exact) mass is 360 g/mol. The van der Waals surface area contributed by atoms with E-state index in [1.54, 1.807) is 0 Å². The molecule has 5 heteroatoms. The van der Waals surface area contributed by atoms with Crippen molar-refractivity contribution in [3.63, 3.8) is 0 Å². The molecule has 1 aromatic rings. The zero-order valence-corrected chi connectivity index (χ0v) is 16.4. The molecule has 1 saturated heterocycles. The van der Waals surface area contributed by atoms with Crippen molar-refractivity contribution in [3.8, 4) is 0 Å². The SMILES string of the molecule is CC(=O)N(CC(=O)O)C1CCCN(C(C)c2ccc(C(C)C)cc2)CC1. The summed E-state index contributed by atoms with van der Waals surface area (Å²) in [6, 6.07) is 9.19. The summed E-state index contributed by atoms with van der Waals surface area (Å²) in [7, 11) is 0. The normalized spacial score (nSPS) is 19.8. The fourth-order valence-corrected chi connectivity index (χ4v) is 3.81. The molecule has 2 atom stereocenters. The predicted molar refractivity (Wildman–Crippen MR) is 103 cm³/mol. The van der Waals surface area contributed by atoms with Crippen molar-refractivity contribution in [3.05, 3.63) is 35.4 Å². The lowest BCUT2D eigenvalue weighted by atomic mass is 9.99. The summed E-state index contributed by atoms with van der Waals surface area (Å²) in [5.41, 5.74) is 2.66. The van der Waals surface area contributed by atoms with Crippen molar-refractivity contribution >= 4 is 11.9 Å². The highest BCUT2D eigenvalue weighted by Crippen LogP contribution is 2.26. The second-order valence-corrected chi connectivity index (χ2v) is 7.66. The summed E-state index contributed by atoms with van der Waals surface area (Å²) in [5, 5.41) is 9.08. The highest BCUT2D eigenvalue weighted by Gasteiger charge is 2.27. The number of carboxylic acid groups (broad SMARTS) is 1. The maximum Gasteiger partial charge on any atom is 0.323 e. The minimum absolute atomic E-state index is 0.0177. The topological polar surface area (TPSA) is 60.9 Å². The number of likely N-dealkylation sites (tertiary alicyclic amines) is 1. The van der Waals surface area contributed by atoms with Crippen LogP contribution in [0.1, 0.15) is 70.0 Å². The minimum atomic E-state index is -0.945. The van der Waals surface area contributed by atoms with E-state index < -0.39 is 5.97 Å². The number of benzene rings is 1. The number of hydrogen-bond acceptors (Lipinski definition) is 3. The van der Waals surface area contributed by atoms with Crippen molar-refractivity contribution in [2.45, 2.75) is 65.0 Å². The fourth-order valence-electron chi connectivity index (χ4n) is 3.81. The maximum atomic E-state index is 11.9. The molecule has 144 valence electrons. The van der Waals surface area contributed by atoms with E-state index in [1.807, 2.05) is 0 Å². The summed E-state index contributed by atoms with van der Waals surface area (Å²) in [4.78, 5) is 26.9. The van der Waals surface area contributed by atoms with Crippen molar-refractivity contribution in [1.29, 1.82) is 0 Å². The Labute approximate surface area is 157 Å². The van der Waals surface area contributed by atoms with Gasteiger partial charge in [-0.3, -0.25) is 14.5 Å². The van der Waals surface area contributed by atoms with Gasteiger partial charge in [0.25, 0.3) is 0 Å². The van der Waals surface area contributed by atoms with Crippen LogP contribution in [-0.4, -0.2) is 52.5 Å². The molecule has 1 amide bonds. The van der Waals surface area contributed by atoms with Gasteiger partial charge in [-0.1, -0.05) is 38.1 Å². The molecule has 5 nitrogen and oxygen atoms in total. The first-order valence-electron chi connectivity index (χ1n) is 9.62. The zero-order valence-electron chi connectivity index (χ0n) is 16.4. The zero-order chi connectivity index (χ0) is 19.3. The van der Waals surface area contributed by atoms with Gasteiger partial charge >= 0.3 is 5.97 Å². The van der Waals surface area contributed by atoms with Crippen LogP contribution in [0.2, 0.25) is 0 Å². The van der Waals surface area contributed by atoms with Crippen LogP contribution in [-0.2, 0) is 9.59 Å². The lowest BCUT2D eigenvalue weighted by Gasteiger charge is -2.30. The van der Waals surface area contributed by atoms with Crippen LogP contribution in [0.4, 0.5) is 0 Å². The first kappa shape index (κ1) is 20.4. The van der Waals surface area contributed by atoms with Gasteiger partial charge in [0.05, 0.1) is 0 Å².